The van der Waals surface area contributed by atoms with Crippen LogP contribution in [0.25, 0.3) is 0 Å². The maximum atomic E-state index is 2.45. The minimum Gasteiger partial charge on any atom is -0.0622 e. The molecule has 2 radical (unpaired) electrons. The monoisotopic (exact) mass is 302 g/mol. The van der Waals surface area contributed by atoms with Gasteiger partial charge in [-0.05, 0) is 54.1 Å². The van der Waals surface area contributed by atoms with Crippen LogP contribution in [0.15, 0.2) is 60.7 Å². The third-order valence-electron chi connectivity index (χ3n) is 5.88. The average molecular weight is 302 g/mol. The van der Waals surface area contributed by atoms with Gasteiger partial charge in [0.05, 0.1) is 0 Å². The largest absolute Gasteiger partial charge is 0.0622 e. The number of rotatable bonds is 2. The summed E-state index contributed by atoms with van der Waals surface area (Å²) in [6, 6.07) is 22.3. The van der Waals surface area contributed by atoms with Gasteiger partial charge in [-0.25, -0.2) is 0 Å². The number of hydrogen-bond acceptors (Lipinski definition) is 0. The molecule has 0 bridgehead atoms. The highest BCUT2D eigenvalue weighted by Crippen LogP contribution is 2.59. The zero-order chi connectivity index (χ0) is 15.9. The second kappa shape index (κ2) is 5.82. The lowest BCUT2D eigenvalue weighted by atomic mass is 9.64. The van der Waals surface area contributed by atoms with Gasteiger partial charge in [0.2, 0.25) is 0 Å². The van der Waals surface area contributed by atoms with Gasteiger partial charge in [-0.3, -0.25) is 0 Å². The quantitative estimate of drug-likeness (QED) is 0.631. The minimum atomic E-state index is 0.458. The molecule has 0 nitrogen and oxygen atoms in total. The van der Waals surface area contributed by atoms with Gasteiger partial charge in [0.25, 0.3) is 0 Å². The summed E-state index contributed by atoms with van der Waals surface area (Å²) >= 11 is 0. The van der Waals surface area contributed by atoms with Crippen molar-refractivity contribution in [2.75, 3.05) is 0 Å². The van der Waals surface area contributed by atoms with Crippen molar-refractivity contribution >= 4 is 0 Å². The van der Waals surface area contributed by atoms with Crippen LogP contribution in [0.2, 0.25) is 0 Å². The van der Waals surface area contributed by atoms with Crippen LogP contribution < -0.4 is 0 Å². The summed E-state index contributed by atoms with van der Waals surface area (Å²) in [5.74, 6) is 4.88. The van der Waals surface area contributed by atoms with E-state index in [0.717, 1.165) is 11.8 Å². The van der Waals surface area contributed by atoms with E-state index in [1.807, 2.05) is 0 Å². The van der Waals surface area contributed by atoms with Gasteiger partial charge in [-0.15, -0.1) is 0 Å². The van der Waals surface area contributed by atoms with Crippen LogP contribution in [0.1, 0.15) is 50.7 Å². The molecule has 0 heteroatoms. The molecule has 118 valence electrons. The van der Waals surface area contributed by atoms with Gasteiger partial charge in [0.15, 0.2) is 0 Å². The third kappa shape index (κ3) is 2.84. The molecule has 2 atom stereocenters. The Morgan fingerprint density at radius 1 is 0.652 bits per heavy atom. The van der Waals surface area contributed by atoms with E-state index in [0.29, 0.717) is 5.41 Å². The highest BCUT2D eigenvalue weighted by molar-refractivity contribution is 5.42. The van der Waals surface area contributed by atoms with Crippen LogP contribution in [0.5, 0.6) is 0 Å². The first-order valence-electron chi connectivity index (χ1n) is 8.96. The summed E-state index contributed by atoms with van der Waals surface area (Å²) in [4.78, 5) is 0. The summed E-state index contributed by atoms with van der Waals surface area (Å²) < 4.78 is 0. The molecule has 2 unspecified atom stereocenters. The molecule has 2 aliphatic carbocycles. The highest BCUT2D eigenvalue weighted by atomic mass is 14.5. The molecular formula is C23H26. The van der Waals surface area contributed by atoms with Crippen LogP contribution in [0, 0.1) is 29.1 Å². The van der Waals surface area contributed by atoms with Gasteiger partial charge in [0, 0.05) is 11.8 Å². The zero-order valence-electron chi connectivity index (χ0n) is 14.3. The molecule has 23 heavy (non-hydrogen) atoms. The molecule has 0 saturated heterocycles. The predicted octanol–water partition coefficient (Wildman–Crippen LogP) is 6.08. The summed E-state index contributed by atoms with van der Waals surface area (Å²) in [6.07, 6.45) is 5.12. The Morgan fingerprint density at radius 3 is 1.43 bits per heavy atom. The van der Waals surface area contributed by atoms with Crippen molar-refractivity contribution in [2.45, 2.75) is 39.5 Å². The maximum absolute atomic E-state index is 2.45. The average Bonchev–Trinajstić information content (AvgIpc) is 2.90. The van der Waals surface area contributed by atoms with Crippen LogP contribution in [-0.2, 0) is 0 Å². The fraction of sp³-hybridized carbons (Fsp3) is 0.391. The first-order chi connectivity index (χ1) is 11.1. The second-order valence-electron chi connectivity index (χ2n) is 8.07. The van der Waals surface area contributed by atoms with Crippen molar-refractivity contribution in [2.24, 2.45) is 17.3 Å². The van der Waals surface area contributed by atoms with Crippen molar-refractivity contribution < 1.29 is 0 Å². The summed E-state index contributed by atoms with van der Waals surface area (Å²) in [7, 11) is 0. The van der Waals surface area contributed by atoms with Gasteiger partial charge in [-0.2, -0.15) is 0 Å². The molecule has 0 heterocycles. The lowest BCUT2D eigenvalue weighted by Gasteiger charge is -2.39. The van der Waals surface area contributed by atoms with E-state index in [2.05, 4.69) is 74.5 Å². The molecule has 0 spiro atoms. The van der Waals surface area contributed by atoms with Gasteiger partial charge in [-0.1, -0.05) is 74.5 Å². The Bertz CT molecular complexity index is 583. The van der Waals surface area contributed by atoms with Crippen molar-refractivity contribution in [1.29, 1.82) is 0 Å². The van der Waals surface area contributed by atoms with Gasteiger partial charge in [0.1, 0.15) is 0 Å². The normalized spacial score (nSPS) is 27.7. The molecule has 2 aromatic rings. The van der Waals surface area contributed by atoms with Gasteiger partial charge >= 0.3 is 0 Å². The molecule has 0 amide bonds. The van der Waals surface area contributed by atoms with Crippen LogP contribution >= 0.6 is 0 Å². The van der Waals surface area contributed by atoms with Crippen LogP contribution in [0.3, 0.4) is 0 Å². The molecule has 2 saturated carbocycles. The molecule has 4 rings (SSSR count). The van der Waals surface area contributed by atoms with Crippen molar-refractivity contribution in [1.82, 2.24) is 0 Å². The van der Waals surface area contributed by atoms with E-state index in [-0.39, 0.29) is 0 Å². The molecule has 0 aliphatic heterocycles. The topological polar surface area (TPSA) is 0 Å². The first kappa shape index (κ1) is 15.0. The second-order valence-corrected chi connectivity index (χ2v) is 8.07. The molecule has 2 aromatic carbocycles. The van der Waals surface area contributed by atoms with Crippen molar-refractivity contribution in [3.63, 3.8) is 0 Å². The first-order valence-corrected chi connectivity index (χ1v) is 8.96. The third-order valence-corrected chi connectivity index (χ3v) is 5.88. The number of hydrogen-bond donors (Lipinski definition) is 0. The fourth-order valence-electron chi connectivity index (χ4n) is 4.95. The zero-order valence-corrected chi connectivity index (χ0v) is 14.3. The van der Waals surface area contributed by atoms with Crippen molar-refractivity contribution in [3.8, 4) is 0 Å². The minimum absolute atomic E-state index is 0.458. The van der Waals surface area contributed by atoms with E-state index in [4.69, 9.17) is 0 Å². The summed E-state index contributed by atoms with van der Waals surface area (Å²) in [5.41, 5.74) is 3.42. The predicted molar refractivity (Wildman–Crippen MR) is 96.8 cm³/mol. The Labute approximate surface area is 140 Å². The summed E-state index contributed by atoms with van der Waals surface area (Å²) in [5, 5.41) is 0. The maximum Gasteiger partial charge on any atom is 0.00842 e. The number of fused-ring (bicyclic) bond motifs is 1. The van der Waals surface area contributed by atoms with E-state index in [9.17, 15) is 0 Å². The van der Waals surface area contributed by atoms with E-state index in [1.165, 1.54) is 36.8 Å². The van der Waals surface area contributed by atoms with Crippen molar-refractivity contribution in [3.05, 3.63) is 83.6 Å². The van der Waals surface area contributed by atoms with Crippen LogP contribution in [-0.4, -0.2) is 0 Å². The Morgan fingerprint density at radius 2 is 1.04 bits per heavy atom. The highest BCUT2D eigenvalue weighted by Gasteiger charge is 2.49. The Balaban J connectivity index is 1.67. The number of benzene rings is 2. The lowest BCUT2D eigenvalue weighted by molar-refractivity contribution is 0.358. The molecule has 2 aliphatic rings. The molecule has 2 fully saturated rings. The molecular weight excluding hydrogens is 276 g/mol. The summed E-state index contributed by atoms with van der Waals surface area (Å²) in [6.45, 7) is 4.91. The van der Waals surface area contributed by atoms with E-state index >= 15 is 0 Å². The molecule has 0 aromatic heterocycles. The fourth-order valence-corrected chi connectivity index (χ4v) is 4.95. The standard InChI is InChI=1S/C23H26/c1-23(2)15-21-19(17-9-5-3-6-10-17)13-14-20(22(21)16-23)18-11-7-4-8-12-18/h3-12,21-22H,13-16H2,1-2H3. The lowest BCUT2D eigenvalue weighted by Crippen LogP contribution is -2.30. The van der Waals surface area contributed by atoms with Crippen LogP contribution in [0.4, 0.5) is 0 Å². The smallest absolute Gasteiger partial charge is 0.00842 e. The Hall–Kier alpha value is -1.56. The SMILES string of the molecule is CC1(C)CC2[C](c3ccccc3)CC[C](c3ccccc3)C2C1. The van der Waals surface area contributed by atoms with E-state index in [1.54, 1.807) is 11.8 Å². The van der Waals surface area contributed by atoms with Gasteiger partial charge < -0.3 is 0 Å². The van der Waals surface area contributed by atoms with E-state index < -0.39 is 0 Å². The molecule has 0 N–H and O–H groups in total. The Kier molecular flexibility index (Phi) is 3.79.